The van der Waals surface area contributed by atoms with Crippen LogP contribution in [-0.2, 0) is 0 Å². The summed E-state index contributed by atoms with van der Waals surface area (Å²) >= 11 is 0. The minimum Gasteiger partial charge on any atom is -0.271 e. The molecule has 2 nitrogen and oxygen atoms in total. The zero-order chi connectivity index (χ0) is 6.48. The van der Waals surface area contributed by atoms with Gasteiger partial charge in [-0.3, -0.25) is 11.3 Å². The number of hydrazine groups is 1. The Morgan fingerprint density at radius 1 is 1.67 bits per heavy atom. The lowest BCUT2D eigenvalue weighted by Crippen LogP contribution is -2.36. The van der Waals surface area contributed by atoms with E-state index in [4.69, 9.17) is 5.84 Å². The lowest BCUT2D eigenvalue weighted by atomic mass is 9.76. The first-order valence-corrected chi connectivity index (χ1v) is 3.70. The van der Waals surface area contributed by atoms with Gasteiger partial charge in [-0.25, -0.2) is 0 Å². The molecule has 0 radical (unpaired) electrons. The van der Waals surface area contributed by atoms with Gasteiger partial charge < -0.3 is 0 Å². The van der Waals surface area contributed by atoms with Gasteiger partial charge >= 0.3 is 0 Å². The molecule has 52 valence electrons. The lowest BCUT2D eigenvalue weighted by Gasteiger charge is -2.31. The van der Waals surface area contributed by atoms with Crippen molar-refractivity contribution in [1.29, 1.82) is 0 Å². The molecule has 2 saturated carbocycles. The predicted molar refractivity (Wildman–Crippen MR) is 36.5 cm³/mol. The zero-order valence-electron chi connectivity index (χ0n) is 5.85. The van der Waals surface area contributed by atoms with Crippen LogP contribution in [0.15, 0.2) is 0 Å². The van der Waals surface area contributed by atoms with Crippen LogP contribution in [0.2, 0.25) is 0 Å². The summed E-state index contributed by atoms with van der Waals surface area (Å²) in [7, 11) is 0. The van der Waals surface area contributed by atoms with Crippen LogP contribution in [0.1, 0.15) is 19.8 Å². The fourth-order valence-electron chi connectivity index (χ4n) is 2.36. The molecule has 3 N–H and O–H groups in total. The fraction of sp³-hybridized carbons (Fsp3) is 1.00. The number of fused-ring (bicyclic) bond motifs is 1. The lowest BCUT2D eigenvalue weighted by molar-refractivity contribution is 0.193. The quantitative estimate of drug-likeness (QED) is 0.417. The minimum absolute atomic E-state index is 0.765. The molecule has 2 rings (SSSR count). The minimum atomic E-state index is 0.765. The summed E-state index contributed by atoms with van der Waals surface area (Å²) in [5.41, 5.74) is 3.51. The van der Waals surface area contributed by atoms with Crippen LogP contribution in [0, 0.1) is 17.3 Å². The maximum atomic E-state index is 5.21. The Balaban J connectivity index is 1.82. The second-order valence-electron chi connectivity index (χ2n) is 3.84. The molecule has 0 heterocycles. The third kappa shape index (κ3) is 0.634. The van der Waals surface area contributed by atoms with E-state index >= 15 is 0 Å². The third-order valence-electron chi connectivity index (χ3n) is 3.10. The average molecular weight is 126 g/mol. The number of nitrogens with two attached hydrogens (primary N) is 1. The molecule has 2 heteroatoms. The highest BCUT2D eigenvalue weighted by Crippen LogP contribution is 2.70. The summed E-state index contributed by atoms with van der Waals surface area (Å²) in [4.78, 5) is 0. The molecule has 0 aromatic rings. The van der Waals surface area contributed by atoms with Crippen molar-refractivity contribution in [3.63, 3.8) is 0 Å². The Labute approximate surface area is 55.8 Å². The van der Waals surface area contributed by atoms with Crippen LogP contribution in [0.5, 0.6) is 0 Å². The van der Waals surface area contributed by atoms with Crippen LogP contribution >= 0.6 is 0 Å². The first-order valence-electron chi connectivity index (χ1n) is 3.70. The van der Waals surface area contributed by atoms with E-state index in [1.807, 2.05) is 0 Å². The van der Waals surface area contributed by atoms with E-state index in [2.05, 4.69) is 12.3 Å². The van der Waals surface area contributed by atoms with Crippen LogP contribution in [0.25, 0.3) is 0 Å². The summed E-state index contributed by atoms with van der Waals surface area (Å²) in [6, 6.07) is 0. The largest absolute Gasteiger partial charge is 0.271 e. The summed E-state index contributed by atoms with van der Waals surface area (Å²) in [5.74, 6) is 7.14. The fourth-order valence-corrected chi connectivity index (χ4v) is 2.36. The third-order valence-corrected chi connectivity index (χ3v) is 3.10. The van der Waals surface area contributed by atoms with E-state index in [0.717, 1.165) is 23.8 Å². The van der Waals surface area contributed by atoms with Gasteiger partial charge in [0.15, 0.2) is 0 Å². The van der Waals surface area contributed by atoms with Crippen molar-refractivity contribution in [2.24, 2.45) is 23.1 Å². The smallest absolute Gasteiger partial charge is 0.0129 e. The molecule has 2 aliphatic carbocycles. The van der Waals surface area contributed by atoms with E-state index in [1.165, 1.54) is 12.8 Å². The van der Waals surface area contributed by atoms with Crippen molar-refractivity contribution >= 4 is 0 Å². The molecule has 0 aromatic heterocycles. The molecule has 0 spiro atoms. The van der Waals surface area contributed by atoms with Gasteiger partial charge in [-0.15, -0.1) is 0 Å². The normalized spacial score (nSPS) is 54.0. The Bertz CT molecular complexity index is 135. The van der Waals surface area contributed by atoms with Crippen LogP contribution in [0.3, 0.4) is 0 Å². The Kier molecular flexibility index (Phi) is 0.945. The van der Waals surface area contributed by atoms with E-state index < -0.39 is 0 Å². The predicted octanol–water partition coefficient (Wildman–Crippen LogP) is 0.496. The van der Waals surface area contributed by atoms with Gasteiger partial charge in [-0.1, -0.05) is 6.92 Å². The number of hydrogen-bond acceptors (Lipinski definition) is 2. The van der Waals surface area contributed by atoms with Gasteiger partial charge in [0, 0.05) is 6.54 Å². The van der Waals surface area contributed by atoms with Crippen molar-refractivity contribution in [3.05, 3.63) is 0 Å². The second kappa shape index (κ2) is 1.50. The van der Waals surface area contributed by atoms with Gasteiger partial charge in [0.2, 0.25) is 0 Å². The van der Waals surface area contributed by atoms with Gasteiger partial charge in [0.1, 0.15) is 0 Å². The van der Waals surface area contributed by atoms with Gasteiger partial charge in [-0.05, 0) is 30.1 Å². The number of nitrogens with one attached hydrogen (secondary N) is 1. The van der Waals surface area contributed by atoms with Crippen LogP contribution < -0.4 is 11.3 Å². The first kappa shape index (κ1) is 5.69. The van der Waals surface area contributed by atoms with Crippen LogP contribution in [0.4, 0.5) is 0 Å². The molecule has 2 aliphatic rings. The van der Waals surface area contributed by atoms with Crippen molar-refractivity contribution in [2.75, 3.05) is 6.54 Å². The highest BCUT2D eigenvalue weighted by molar-refractivity contribution is 5.12. The van der Waals surface area contributed by atoms with Crippen molar-refractivity contribution in [1.82, 2.24) is 5.43 Å². The van der Waals surface area contributed by atoms with E-state index in [-0.39, 0.29) is 0 Å². The Morgan fingerprint density at radius 2 is 2.44 bits per heavy atom. The van der Waals surface area contributed by atoms with Crippen molar-refractivity contribution in [3.8, 4) is 0 Å². The number of hydrogen-bond donors (Lipinski definition) is 2. The summed E-state index contributed by atoms with van der Waals surface area (Å²) in [6.07, 6.45) is 2.86. The second-order valence-corrected chi connectivity index (χ2v) is 3.84. The molecule has 0 aromatic carbocycles. The molecule has 0 bridgehead atoms. The van der Waals surface area contributed by atoms with Crippen LogP contribution in [-0.4, -0.2) is 6.54 Å². The van der Waals surface area contributed by atoms with Gasteiger partial charge in [-0.2, -0.15) is 0 Å². The summed E-state index contributed by atoms with van der Waals surface area (Å²) in [6.45, 7) is 3.41. The van der Waals surface area contributed by atoms with Gasteiger partial charge in [0.25, 0.3) is 0 Å². The monoisotopic (exact) mass is 126 g/mol. The van der Waals surface area contributed by atoms with E-state index in [1.54, 1.807) is 0 Å². The molecule has 0 saturated heterocycles. The molecule has 0 aliphatic heterocycles. The summed E-state index contributed by atoms with van der Waals surface area (Å²) < 4.78 is 0. The standard InChI is InChI=1S/C7H14N2/c1-7-2-5(4-9-8)6(7)3-7/h5-6,9H,2-4,8H2,1H3. The highest BCUT2D eigenvalue weighted by Gasteiger charge is 2.62. The molecular formula is C7H14N2. The number of rotatable bonds is 2. The topological polar surface area (TPSA) is 38.0 Å². The molecule has 2 fully saturated rings. The molecular weight excluding hydrogens is 112 g/mol. The SMILES string of the molecule is CC12CC(CNN)C1C2. The van der Waals surface area contributed by atoms with E-state index in [0.29, 0.717) is 0 Å². The first-order chi connectivity index (χ1) is 4.26. The maximum Gasteiger partial charge on any atom is 0.0129 e. The van der Waals surface area contributed by atoms with Crippen molar-refractivity contribution in [2.45, 2.75) is 19.8 Å². The Hall–Kier alpha value is -0.0800. The summed E-state index contributed by atoms with van der Waals surface area (Å²) in [5, 5.41) is 0. The molecule has 0 amide bonds. The average Bonchev–Trinajstić information content (AvgIpc) is 2.33. The molecule has 3 unspecified atom stereocenters. The zero-order valence-corrected chi connectivity index (χ0v) is 5.85. The maximum absolute atomic E-state index is 5.21. The molecule has 9 heavy (non-hydrogen) atoms. The van der Waals surface area contributed by atoms with Gasteiger partial charge in [0.05, 0.1) is 0 Å². The molecule has 3 atom stereocenters. The van der Waals surface area contributed by atoms with Crippen molar-refractivity contribution < 1.29 is 0 Å². The Morgan fingerprint density at radius 3 is 2.78 bits per heavy atom. The van der Waals surface area contributed by atoms with E-state index in [9.17, 15) is 0 Å². The highest BCUT2D eigenvalue weighted by atomic mass is 15.2.